The Morgan fingerprint density at radius 2 is 1.05 bits per heavy atom. The smallest absolute Gasteiger partial charge is 0.234 e. The Hall–Kier alpha value is -1.52. The van der Waals surface area contributed by atoms with Gasteiger partial charge in [0.1, 0.15) is 17.9 Å². The lowest BCUT2D eigenvalue weighted by Crippen LogP contribution is -3.11. The topological polar surface area (TPSA) is 4.44 Å². The van der Waals surface area contributed by atoms with E-state index in [-0.39, 0.29) is 0 Å². The number of rotatable bonds is 4. The molecular weight excluding hydrogens is 484 g/mol. The maximum Gasteiger partial charge on any atom is 0.297 e. The van der Waals surface area contributed by atoms with Gasteiger partial charge in [-0.3, -0.25) is 0 Å². The molecule has 37 heavy (non-hydrogen) atoms. The summed E-state index contributed by atoms with van der Waals surface area (Å²) in [6.07, 6.45) is 18.0. The predicted molar refractivity (Wildman–Crippen MR) is 165 cm³/mol. The summed E-state index contributed by atoms with van der Waals surface area (Å²) >= 11 is 0. The van der Waals surface area contributed by atoms with Crippen molar-refractivity contribution in [1.29, 1.82) is 0 Å². The summed E-state index contributed by atoms with van der Waals surface area (Å²) in [5, 5.41) is 5.04. The molecule has 2 atom stereocenters. The van der Waals surface area contributed by atoms with Gasteiger partial charge in [-0.1, -0.05) is 61.4 Å². The Balaban J connectivity index is 1.55. The second kappa shape index (κ2) is 10.2. The summed E-state index contributed by atoms with van der Waals surface area (Å²) in [5.41, 5.74) is 4.47. The molecule has 7 rings (SSSR count). The minimum absolute atomic E-state index is 0.794. The van der Waals surface area contributed by atoms with Gasteiger partial charge in [-0.25, -0.2) is 4.90 Å². The Kier molecular flexibility index (Phi) is 6.78. The van der Waals surface area contributed by atoms with E-state index in [1.54, 1.807) is 27.8 Å². The lowest BCUT2D eigenvalue weighted by atomic mass is 9.99. The van der Waals surface area contributed by atoms with Crippen LogP contribution in [0.5, 0.6) is 0 Å². The molecule has 3 aromatic rings. The highest BCUT2D eigenvalue weighted by Crippen LogP contribution is 2.85. The molecule has 1 saturated heterocycles. The summed E-state index contributed by atoms with van der Waals surface area (Å²) in [7, 11) is -3.08. The lowest BCUT2D eigenvalue weighted by molar-refractivity contribution is -0.830. The van der Waals surface area contributed by atoms with Gasteiger partial charge in [0, 0.05) is 12.5 Å². The van der Waals surface area contributed by atoms with E-state index >= 15 is 0 Å². The molecule has 2 aliphatic carbocycles. The third-order valence-corrected chi connectivity index (χ3v) is 23.4. The van der Waals surface area contributed by atoms with Crippen LogP contribution in [0.3, 0.4) is 0 Å². The number of benzene rings is 3. The van der Waals surface area contributed by atoms with E-state index in [9.17, 15) is 0 Å². The molecule has 0 radical (unpaired) electrons. The van der Waals surface area contributed by atoms with Crippen molar-refractivity contribution in [3.8, 4) is 0 Å². The highest BCUT2D eigenvalue weighted by molar-refractivity contribution is 8.05. The SMILES string of the molecule is c1ccc([P+]2(c3ccccc3)c3ccccc3[NH+]3CCC[P+](C4CCCCC4)(C4CCCCC4)[C@H]32)cc1. The van der Waals surface area contributed by atoms with Crippen LogP contribution >= 0.6 is 14.5 Å². The van der Waals surface area contributed by atoms with Crippen molar-refractivity contribution >= 4 is 36.1 Å². The molecule has 2 aliphatic heterocycles. The molecular formula is C34H44NP2+3. The van der Waals surface area contributed by atoms with Gasteiger partial charge in [0.05, 0.1) is 24.0 Å². The molecule has 2 saturated carbocycles. The van der Waals surface area contributed by atoms with Crippen molar-refractivity contribution in [2.45, 2.75) is 87.5 Å². The predicted octanol–water partition coefficient (Wildman–Crippen LogP) is 6.88. The highest BCUT2D eigenvalue weighted by Gasteiger charge is 2.79. The average molecular weight is 529 g/mol. The number of hydrogen-bond donors (Lipinski definition) is 1. The molecule has 1 N–H and O–H groups in total. The van der Waals surface area contributed by atoms with Gasteiger partial charge in [0.2, 0.25) is 7.26 Å². The number of hydrogen-bond acceptors (Lipinski definition) is 0. The zero-order chi connectivity index (χ0) is 24.7. The van der Waals surface area contributed by atoms with Gasteiger partial charge in [-0.05, 0) is 81.7 Å². The van der Waals surface area contributed by atoms with Gasteiger partial charge < -0.3 is 0 Å². The van der Waals surface area contributed by atoms with E-state index in [2.05, 4.69) is 84.9 Å². The van der Waals surface area contributed by atoms with Crippen LogP contribution in [0.25, 0.3) is 0 Å². The van der Waals surface area contributed by atoms with Crippen LogP contribution in [0.1, 0.15) is 70.6 Å². The van der Waals surface area contributed by atoms with E-state index in [1.165, 1.54) is 77.2 Å². The zero-order valence-electron chi connectivity index (χ0n) is 22.4. The fourth-order valence-corrected chi connectivity index (χ4v) is 25.8. The van der Waals surface area contributed by atoms with Gasteiger partial charge in [0.15, 0.2) is 11.0 Å². The second-order valence-electron chi connectivity index (χ2n) is 12.2. The van der Waals surface area contributed by atoms with E-state index in [0.29, 0.717) is 0 Å². The van der Waals surface area contributed by atoms with Gasteiger partial charge in [-0.15, -0.1) is 0 Å². The van der Waals surface area contributed by atoms with Crippen molar-refractivity contribution in [1.82, 2.24) is 0 Å². The third kappa shape index (κ3) is 3.75. The van der Waals surface area contributed by atoms with E-state index < -0.39 is 14.5 Å². The van der Waals surface area contributed by atoms with Crippen molar-refractivity contribution in [2.75, 3.05) is 12.7 Å². The fourth-order valence-electron chi connectivity index (χ4n) is 9.32. The highest BCUT2D eigenvalue weighted by atomic mass is 31.2. The summed E-state index contributed by atoms with van der Waals surface area (Å²) in [4.78, 5) is 1.91. The summed E-state index contributed by atoms with van der Waals surface area (Å²) in [5.74, 6) is 0. The molecule has 0 bridgehead atoms. The van der Waals surface area contributed by atoms with Crippen molar-refractivity contribution in [3.05, 3.63) is 84.9 Å². The molecule has 192 valence electrons. The van der Waals surface area contributed by atoms with Gasteiger partial charge in [0.25, 0.3) is 5.52 Å². The first-order valence-electron chi connectivity index (χ1n) is 15.2. The number of fused-ring (bicyclic) bond motifs is 3. The van der Waals surface area contributed by atoms with E-state index in [1.807, 2.05) is 4.90 Å². The van der Waals surface area contributed by atoms with Crippen LogP contribution in [0.15, 0.2) is 84.9 Å². The summed E-state index contributed by atoms with van der Waals surface area (Å²) in [6.45, 7) is 1.34. The number of nitrogens with one attached hydrogen (secondary N) is 1. The maximum atomic E-state index is 2.57. The minimum Gasteiger partial charge on any atom is -0.234 e. The Labute approximate surface area is 225 Å². The molecule has 3 fully saturated rings. The Bertz CT molecular complexity index is 1140. The Morgan fingerprint density at radius 1 is 0.541 bits per heavy atom. The molecule has 0 spiro atoms. The Morgan fingerprint density at radius 3 is 1.62 bits per heavy atom. The quantitative estimate of drug-likeness (QED) is 0.352. The van der Waals surface area contributed by atoms with Crippen molar-refractivity contribution in [2.24, 2.45) is 0 Å². The number of para-hydroxylation sites is 1. The first kappa shape index (κ1) is 24.5. The normalized spacial score (nSPS) is 27.4. The molecule has 0 amide bonds. The summed E-state index contributed by atoms with van der Waals surface area (Å²) in [6, 6.07) is 33.8. The van der Waals surface area contributed by atoms with E-state index in [4.69, 9.17) is 0 Å². The zero-order valence-corrected chi connectivity index (χ0v) is 24.2. The van der Waals surface area contributed by atoms with Crippen LogP contribution in [-0.2, 0) is 0 Å². The molecule has 1 unspecified atom stereocenters. The standard InChI is InChI=1S/C34H43NP2/c1-5-16-28(17-6-1)36(29-18-7-2-8-19-29)27-15-26-35-32-24-13-14-25-33(32)37(34(35)36,30-20-9-3-10-21-30)31-22-11-4-12-23-31/h3-4,9-14,20-25,28-29,34H,1-2,5-8,15-19,26-27H2/q+2/p+1/t34-/m0/s1. The molecule has 4 aliphatic rings. The van der Waals surface area contributed by atoms with Crippen LogP contribution in [0.2, 0.25) is 0 Å². The summed E-state index contributed by atoms with van der Waals surface area (Å²) < 4.78 is 0. The van der Waals surface area contributed by atoms with Crippen LogP contribution in [-0.4, -0.2) is 29.5 Å². The molecule has 1 nitrogen and oxygen atoms in total. The van der Waals surface area contributed by atoms with E-state index in [0.717, 1.165) is 16.8 Å². The second-order valence-corrected chi connectivity index (χ2v) is 20.5. The van der Waals surface area contributed by atoms with Crippen molar-refractivity contribution < 1.29 is 4.90 Å². The monoisotopic (exact) mass is 528 g/mol. The van der Waals surface area contributed by atoms with Gasteiger partial charge in [-0.2, -0.15) is 0 Å². The largest absolute Gasteiger partial charge is 0.297 e. The average Bonchev–Trinajstić information content (AvgIpc) is 3.31. The first-order chi connectivity index (χ1) is 18.4. The molecule has 2 heterocycles. The lowest BCUT2D eigenvalue weighted by Gasteiger charge is -2.49. The van der Waals surface area contributed by atoms with Crippen LogP contribution in [0, 0.1) is 0 Å². The maximum absolute atomic E-state index is 2.57. The van der Waals surface area contributed by atoms with Crippen LogP contribution in [0.4, 0.5) is 5.69 Å². The van der Waals surface area contributed by atoms with Crippen LogP contribution < -0.4 is 20.8 Å². The fraction of sp³-hybridized carbons (Fsp3) is 0.471. The minimum atomic E-state index is -1.82. The van der Waals surface area contributed by atoms with Gasteiger partial charge >= 0.3 is 0 Å². The third-order valence-electron chi connectivity index (χ3n) is 10.6. The number of quaternary nitrogens is 1. The van der Waals surface area contributed by atoms with Crippen molar-refractivity contribution in [3.63, 3.8) is 0 Å². The first-order valence-corrected chi connectivity index (χ1v) is 19.2. The molecule has 3 heteroatoms. The molecule has 3 aromatic carbocycles. The molecule has 0 aromatic heterocycles.